The summed E-state index contributed by atoms with van der Waals surface area (Å²) in [6, 6.07) is 7.49. The number of rotatable bonds is 19. The number of hydrogen-bond acceptors (Lipinski definition) is 4. The molecular weight excluding hydrogens is 438 g/mol. The molecule has 2 rings (SSSR count). The smallest absolute Gasteiger partial charge is 0.306 e. The van der Waals surface area contributed by atoms with Gasteiger partial charge in [0.25, 0.3) is 0 Å². The van der Waals surface area contributed by atoms with Crippen molar-refractivity contribution in [2.45, 2.75) is 89.9 Å². The number of phenols is 1. The summed E-state index contributed by atoms with van der Waals surface area (Å²) in [5.74, 6) is 0.353. The number of carboxylic acid groups (broad SMARTS) is 1. The van der Waals surface area contributed by atoms with Gasteiger partial charge in [-0.15, -0.1) is 0 Å². The molecule has 0 aliphatic heterocycles. The highest BCUT2D eigenvalue weighted by molar-refractivity contribution is 5.70. The molecule has 0 heterocycles. The van der Waals surface area contributed by atoms with E-state index in [2.05, 4.69) is 12.2 Å². The molecule has 0 aromatic heterocycles. The first-order valence-electron chi connectivity index (χ1n) is 13.7. The van der Waals surface area contributed by atoms with Gasteiger partial charge in [-0.1, -0.05) is 61.6 Å². The van der Waals surface area contributed by atoms with Crippen LogP contribution in [0.25, 0.3) is 0 Å². The van der Waals surface area contributed by atoms with Crippen molar-refractivity contribution in [2.24, 2.45) is 23.5 Å². The Morgan fingerprint density at radius 3 is 2.49 bits per heavy atom. The minimum Gasteiger partial charge on any atom is -0.508 e. The first-order chi connectivity index (χ1) is 17.0. The second kappa shape index (κ2) is 17.3. The summed E-state index contributed by atoms with van der Waals surface area (Å²) >= 11 is 0. The van der Waals surface area contributed by atoms with Gasteiger partial charge >= 0.3 is 5.97 Å². The molecule has 0 radical (unpaired) electrons. The second-order valence-corrected chi connectivity index (χ2v) is 10.2. The molecule has 35 heavy (non-hydrogen) atoms. The molecule has 0 bridgehead atoms. The number of carboxylic acids is 1. The minimum atomic E-state index is -0.785. The summed E-state index contributed by atoms with van der Waals surface area (Å²) in [5, 5.41) is 27.9. The summed E-state index contributed by atoms with van der Waals surface area (Å²) in [4.78, 5) is 11.4. The normalized spacial score (nSPS) is 17.5. The van der Waals surface area contributed by atoms with Crippen LogP contribution in [0.5, 0.6) is 5.75 Å². The summed E-state index contributed by atoms with van der Waals surface area (Å²) in [7, 11) is 0. The molecule has 0 amide bonds. The Morgan fingerprint density at radius 2 is 1.77 bits per heavy atom. The van der Waals surface area contributed by atoms with Crippen molar-refractivity contribution in [1.29, 1.82) is 0 Å². The Bertz CT molecular complexity index is 771. The Hall–Kier alpha value is -2.11. The van der Waals surface area contributed by atoms with E-state index in [1.165, 1.54) is 50.5 Å². The van der Waals surface area contributed by atoms with Gasteiger partial charge in [0.15, 0.2) is 0 Å². The van der Waals surface area contributed by atoms with Crippen LogP contribution in [-0.4, -0.2) is 34.4 Å². The largest absolute Gasteiger partial charge is 0.508 e. The van der Waals surface area contributed by atoms with Crippen molar-refractivity contribution in [3.8, 4) is 5.75 Å². The zero-order valence-electron chi connectivity index (χ0n) is 21.4. The lowest BCUT2D eigenvalue weighted by Gasteiger charge is -2.16. The lowest BCUT2D eigenvalue weighted by molar-refractivity contribution is -0.141. The molecule has 196 valence electrons. The highest BCUT2D eigenvalue weighted by Crippen LogP contribution is 2.30. The number of allylic oxidation sites excluding steroid dienone is 3. The number of nitrogens with two attached hydrogens (primary N) is 1. The van der Waals surface area contributed by atoms with Crippen molar-refractivity contribution in [3.05, 3.63) is 53.6 Å². The average Bonchev–Trinajstić information content (AvgIpc) is 3.29. The molecule has 5 nitrogen and oxygen atoms in total. The number of carbonyl (C=O) groups is 1. The number of hydrogen-bond donors (Lipinski definition) is 4. The molecule has 1 aliphatic rings. The van der Waals surface area contributed by atoms with Gasteiger partial charge in [-0.25, -0.2) is 0 Å². The van der Waals surface area contributed by atoms with E-state index >= 15 is 0 Å². The topological polar surface area (TPSA) is 104 Å². The summed E-state index contributed by atoms with van der Waals surface area (Å²) in [6.07, 6.45) is 21.2. The van der Waals surface area contributed by atoms with Gasteiger partial charge in [-0.05, 0) is 100 Å². The number of benzene rings is 1. The average molecular weight is 486 g/mol. The lowest BCUT2D eigenvalue weighted by Crippen LogP contribution is -2.13. The van der Waals surface area contributed by atoms with Crippen LogP contribution >= 0.6 is 0 Å². The summed E-state index contributed by atoms with van der Waals surface area (Å²) in [5.41, 5.74) is 8.47. The Kier molecular flexibility index (Phi) is 14.4. The molecule has 0 fully saturated rings. The molecule has 0 saturated heterocycles. The van der Waals surface area contributed by atoms with Gasteiger partial charge in [0.1, 0.15) is 5.75 Å². The van der Waals surface area contributed by atoms with Gasteiger partial charge < -0.3 is 21.1 Å². The maximum Gasteiger partial charge on any atom is 0.306 e. The second-order valence-electron chi connectivity index (χ2n) is 10.2. The fraction of sp³-hybridized carbons (Fsp3) is 0.633. The van der Waals surface area contributed by atoms with E-state index in [0.717, 1.165) is 38.1 Å². The van der Waals surface area contributed by atoms with Crippen molar-refractivity contribution >= 4 is 5.97 Å². The predicted molar refractivity (Wildman–Crippen MR) is 143 cm³/mol. The third-order valence-corrected chi connectivity index (χ3v) is 7.29. The van der Waals surface area contributed by atoms with Crippen molar-refractivity contribution in [2.75, 3.05) is 13.2 Å². The van der Waals surface area contributed by atoms with E-state index in [9.17, 15) is 15.0 Å². The molecule has 0 saturated carbocycles. The lowest BCUT2D eigenvalue weighted by atomic mass is 9.90. The van der Waals surface area contributed by atoms with E-state index in [4.69, 9.17) is 10.8 Å². The molecule has 1 aromatic rings. The van der Waals surface area contributed by atoms with Crippen LogP contribution in [0.3, 0.4) is 0 Å². The van der Waals surface area contributed by atoms with Gasteiger partial charge in [0.05, 0.1) is 5.92 Å². The van der Waals surface area contributed by atoms with Crippen LogP contribution in [0.2, 0.25) is 0 Å². The highest BCUT2D eigenvalue weighted by Gasteiger charge is 2.16. The van der Waals surface area contributed by atoms with Gasteiger partial charge in [0.2, 0.25) is 0 Å². The zero-order chi connectivity index (χ0) is 25.3. The molecule has 1 aromatic carbocycles. The Labute approximate surface area is 212 Å². The number of phenolic OH excluding ortho intramolecular Hbond substituents is 1. The molecule has 0 unspecified atom stereocenters. The third-order valence-electron chi connectivity index (χ3n) is 7.29. The standard InChI is InChI=1S/C30H47NO4/c31-20-19-27-14-13-25(23-27)9-4-2-1-3-8-24(22-26-15-17-29(33)18-16-26)10-5-6-11-28(30(34)35)12-7-21-32/h5-6,15-18,23-25,28,32-33H,1-4,7-14,19-22,31H2,(H,34,35)/t24-,25-,28+/m1/s1. The van der Waals surface area contributed by atoms with E-state index < -0.39 is 11.9 Å². The van der Waals surface area contributed by atoms with Crippen molar-refractivity contribution in [3.63, 3.8) is 0 Å². The van der Waals surface area contributed by atoms with Gasteiger partial charge in [-0.2, -0.15) is 0 Å². The first kappa shape index (κ1) is 29.1. The predicted octanol–water partition coefficient (Wildman–Crippen LogP) is 6.39. The maximum atomic E-state index is 11.4. The maximum absolute atomic E-state index is 11.4. The van der Waals surface area contributed by atoms with Crippen LogP contribution in [-0.2, 0) is 11.2 Å². The number of aliphatic hydroxyl groups excluding tert-OH is 1. The number of aliphatic hydroxyl groups is 1. The summed E-state index contributed by atoms with van der Waals surface area (Å²) in [6.45, 7) is 0.803. The number of unbranched alkanes of at least 4 members (excludes halogenated alkanes) is 3. The molecule has 3 atom stereocenters. The molecular formula is C30H47NO4. The van der Waals surface area contributed by atoms with Crippen molar-refractivity contribution < 1.29 is 20.1 Å². The third kappa shape index (κ3) is 12.4. The molecule has 5 heteroatoms. The van der Waals surface area contributed by atoms with Crippen LogP contribution in [0.4, 0.5) is 0 Å². The van der Waals surface area contributed by atoms with Crippen molar-refractivity contribution in [1.82, 2.24) is 0 Å². The quantitative estimate of drug-likeness (QED) is 0.134. The SMILES string of the molecule is NCCC1=C[C@H](CCCCCC[C@H](CC=CC[C@@H](CCCO)C(=O)O)Cc2ccc(O)cc2)CC1. The Morgan fingerprint density at radius 1 is 1.03 bits per heavy atom. The number of aromatic hydroxyl groups is 1. The van der Waals surface area contributed by atoms with E-state index in [0.29, 0.717) is 30.9 Å². The fourth-order valence-electron chi connectivity index (χ4n) is 5.18. The van der Waals surface area contributed by atoms with Crippen LogP contribution in [0.1, 0.15) is 89.0 Å². The highest BCUT2D eigenvalue weighted by atomic mass is 16.4. The van der Waals surface area contributed by atoms with E-state index in [1.54, 1.807) is 17.7 Å². The van der Waals surface area contributed by atoms with E-state index in [-0.39, 0.29) is 6.61 Å². The van der Waals surface area contributed by atoms with E-state index in [1.807, 2.05) is 18.2 Å². The van der Waals surface area contributed by atoms with Crippen LogP contribution in [0, 0.1) is 17.8 Å². The molecule has 0 spiro atoms. The van der Waals surface area contributed by atoms with Gasteiger partial charge in [-0.3, -0.25) is 4.79 Å². The first-order valence-corrected chi connectivity index (χ1v) is 13.7. The number of aliphatic carboxylic acids is 1. The monoisotopic (exact) mass is 485 g/mol. The summed E-state index contributed by atoms with van der Waals surface area (Å²) < 4.78 is 0. The van der Waals surface area contributed by atoms with Crippen LogP contribution in [0.15, 0.2) is 48.1 Å². The fourth-order valence-corrected chi connectivity index (χ4v) is 5.18. The zero-order valence-corrected chi connectivity index (χ0v) is 21.4. The Balaban J connectivity index is 1.75. The minimum absolute atomic E-state index is 0.0366. The molecule has 1 aliphatic carbocycles. The van der Waals surface area contributed by atoms with Gasteiger partial charge in [0, 0.05) is 6.61 Å². The molecule has 5 N–H and O–H groups in total. The van der Waals surface area contributed by atoms with Crippen LogP contribution < -0.4 is 5.73 Å².